The lowest BCUT2D eigenvalue weighted by atomic mass is 9.92. The van der Waals surface area contributed by atoms with Gasteiger partial charge in [-0.05, 0) is 196 Å². The summed E-state index contributed by atoms with van der Waals surface area (Å²) in [5.74, 6) is 5.35. The summed E-state index contributed by atoms with van der Waals surface area (Å²) in [6.45, 7) is 28.3. The predicted octanol–water partition coefficient (Wildman–Crippen LogP) is 25.5. The second-order valence-corrected chi connectivity index (χ2v) is 41.6. The second kappa shape index (κ2) is 42.6. The summed E-state index contributed by atoms with van der Waals surface area (Å²) in [7, 11) is 0.210. The van der Waals surface area contributed by atoms with E-state index in [-0.39, 0.29) is 0 Å². The van der Waals surface area contributed by atoms with Crippen molar-refractivity contribution in [3.63, 3.8) is 0 Å². The molecule has 11 nitrogen and oxygen atoms in total. The molecule has 5 heterocycles. The molecule has 0 aliphatic heterocycles. The van der Waals surface area contributed by atoms with Gasteiger partial charge >= 0.3 is 7.94 Å². The molecular weight excluding hydrogens is 1600 g/mol. The van der Waals surface area contributed by atoms with Crippen molar-refractivity contribution < 1.29 is 31.8 Å². The summed E-state index contributed by atoms with van der Waals surface area (Å²) in [4.78, 5) is 8.65. The van der Waals surface area contributed by atoms with Crippen LogP contribution < -0.4 is 53.0 Å². The molecule has 0 aliphatic carbocycles. The number of aryl methyl sites for hydroxylation is 9. The highest BCUT2D eigenvalue weighted by atomic mass is 31.2. The lowest BCUT2D eigenvalue weighted by Gasteiger charge is -2.23. The van der Waals surface area contributed by atoms with Crippen LogP contribution in [0.4, 0.5) is 0 Å². The molecule has 0 atom stereocenters. The molecule has 0 fully saturated rings. The number of para-hydroxylation sites is 6. The average Bonchev–Trinajstić information content (AvgIpc) is 1.58. The van der Waals surface area contributed by atoms with Crippen LogP contribution in [0.15, 0.2) is 401 Å². The number of benzene rings is 13. The number of rotatable bonds is 19. The molecule has 0 unspecified atom stereocenters. The number of pyridine rings is 2. The Morgan fingerprint density at radius 2 is 0.786 bits per heavy atom. The summed E-state index contributed by atoms with van der Waals surface area (Å²) in [5, 5.41) is 9.32. The van der Waals surface area contributed by atoms with Crippen LogP contribution in [0, 0.1) is 41.5 Å². The van der Waals surface area contributed by atoms with Gasteiger partial charge in [0.25, 0.3) is 19.0 Å². The lowest BCUT2D eigenvalue weighted by Crippen LogP contribution is -2.30. The Bertz CT molecular complexity index is 6250. The Morgan fingerprint density at radius 1 is 0.357 bits per heavy atom. The lowest BCUT2D eigenvalue weighted by molar-refractivity contribution is -0.660. The molecule has 0 saturated carbocycles. The first-order valence-electron chi connectivity index (χ1n) is 43.1. The molecule has 126 heavy (non-hydrogen) atoms. The van der Waals surface area contributed by atoms with Gasteiger partial charge in [-0.2, -0.15) is 8.97 Å². The number of nitrogens with zero attached hydrogens (tertiary/aromatic N) is 7. The zero-order chi connectivity index (χ0) is 88.7. The Balaban J connectivity index is 0.000000130. The smallest absolute Gasteiger partial charge is 0.340 e. The first-order valence-corrected chi connectivity index (χ1v) is 49.7. The monoisotopic (exact) mass is 1720 g/mol. The normalized spacial score (nSPS) is 11.2. The van der Waals surface area contributed by atoms with E-state index in [0.29, 0.717) is 11.8 Å². The molecule has 0 saturated heterocycles. The minimum absolute atomic E-state index is 0.478. The first-order chi connectivity index (χ1) is 61.0. The van der Waals surface area contributed by atoms with E-state index in [9.17, 15) is 0 Å². The highest BCUT2D eigenvalue weighted by molar-refractivity contribution is 7.88. The van der Waals surface area contributed by atoms with Crippen LogP contribution in [0.25, 0.3) is 55.7 Å². The number of hydrogen-bond donors (Lipinski definition) is 0. The largest absolute Gasteiger partial charge is 0.538 e. The van der Waals surface area contributed by atoms with E-state index in [1.54, 1.807) is 6.33 Å². The topological polar surface area (TPSA) is 83.7 Å². The highest BCUT2D eigenvalue weighted by Crippen LogP contribution is 2.59. The Morgan fingerprint density at radius 3 is 1.29 bits per heavy atom. The van der Waals surface area contributed by atoms with Gasteiger partial charge in [0.15, 0.2) is 35.9 Å². The molecule has 5 aromatic heterocycles. The van der Waals surface area contributed by atoms with Crippen LogP contribution >= 0.6 is 22.7 Å². The quantitative estimate of drug-likeness (QED) is 0.0456. The summed E-state index contributed by atoms with van der Waals surface area (Å²) in [6, 6.07) is 123. The maximum atomic E-state index is 6.62. The molecule has 13 aromatic carbocycles. The summed E-state index contributed by atoms with van der Waals surface area (Å²) < 4.78 is 36.3. The van der Waals surface area contributed by atoms with Gasteiger partial charge < -0.3 is 4.52 Å². The van der Waals surface area contributed by atoms with Crippen LogP contribution in [0.2, 0.25) is 0 Å². The number of hydrogen-bond acceptors (Lipinski definition) is 6. The summed E-state index contributed by atoms with van der Waals surface area (Å²) in [6.07, 6.45) is 15.2. The second-order valence-electron chi connectivity index (χ2n) is 32.7. The minimum atomic E-state index is -2.66. The molecule has 0 aliphatic rings. The van der Waals surface area contributed by atoms with E-state index >= 15 is 0 Å². The van der Waals surface area contributed by atoms with Crippen molar-refractivity contribution >= 4 is 71.2 Å². The Labute approximate surface area is 748 Å². The zero-order valence-electron chi connectivity index (χ0n) is 75.6. The van der Waals surface area contributed by atoms with Crippen molar-refractivity contribution in [3.05, 3.63) is 452 Å². The van der Waals surface area contributed by atoms with E-state index in [1.165, 1.54) is 116 Å². The fourth-order valence-corrected chi connectivity index (χ4v) is 23.4. The summed E-state index contributed by atoms with van der Waals surface area (Å²) in [5.41, 5.74) is 19.0. The van der Waals surface area contributed by atoms with Crippen LogP contribution in [-0.4, -0.2) is 38.9 Å². The van der Waals surface area contributed by atoms with Gasteiger partial charge in [-0.25, -0.2) is 23.7 Å². The molecule has 0 bridgehead atoms. The van der Waals surface area contributed by atoms with Crippen molar-refractivity contribution in [1.82, 2.24) is 18.9 Å². The van der Waals surface area contributed by atoms with Gasteiger partial charge in [-0.3, -0.25) is 13.6 Å². The Hall–Kier alpha value is -13.0. The standard InChI is InChI=1S/C23H29N2.C20H20O3P.C20H20OP.C19H20N2P.C17H15N2.C13H14N/c1-16(2)19-12-9-13-20(17(3)4)22(19)25-15-14-24(6)23(25)21-11-8-7-10-18(21)5;1-17-11-9-10-16-20(17)23-24(2,21-18-12-5-3-6-13-18)22-19-14-7-4-8-15-19;1-17-11-9-10-16-20(17)21-22(2,18-12-5-3-6-13-18)19-14-7-4-8-15-19;1-16-13-20-15-21-19(16)14-22(2,17-9-5-3-6-10-17)18-11-7-4-8-12-18;1-12-6-5-8-14-13-7-3-4-9-15(13)19-11-10-18(2)17(19)16(12)14;1-11-7-3-4-8-12(11)13-9-5-6-10-14(13)2/h7-17H,1-6H3;3-16H,1-2H3;3-16H,1-2H3;3-13,15H,14H2,1-2H3;3-11H,1-2H3;3-10H,1-2H3/q6*+1. The molecule has 18 rings (SSSR count). The third-order valence-corrected chi connectivity index (χ3v) is 31.3. The number of aromatic nitrogens is 7. The average molecular weight is 1720 g/mol. The van der Waals surface area contributed by atoms with Gasteiger partial charge in [-0.1, -0.05) is 264 Å². The maximum Gasteiger partial charge on any atom is 0.538 e. The SMILES string of the molecule is Cc1cccc2c3ccccc3n3cc[n+](C)c3c12.Cc1ccccc1-c1cccc[n+]1C.Cc1ccccc1-c1n(-c2c(C(C)C)cccc2C(C)C)cc[n+]1C.Cc1ccccc1O[P+](C)(Oc1ccccc1)Oc1ccccc1.Cc1ccccc1O[P+](C)(c1ccccc1)c1ccccc1.Cc1cncnc1C[P+](C)(c1ccccc1)c1ccccc1. The van der Waals surface area contributed by atoms with E-state index in [0.717, 1.165) is 40.4 Å². The Kier molecular flexibility index (Phi) is 30.7. The molecule has 0 spiro atoms. The van der Waals surface area contributed by atoms with Crippen molar-refractivity contribution in [3.8, 4) is 51.3 Å². The van der Waals surface area contributed by atoms with Crippen molar-refractivity contribution in [2.75, 3.05) is 20.0 Å². The fraction of sp³-hybridized carbons (Fsp3) is 0.170. The van der Waals surface area contributed by atoms with E-state index < -0.39 is 22.7 Å². The fourth-order valence-electron chi connectivity index (χ4n) is 15.8. The van der Waals surface area contributed by atoms with Crippen LogP contribution in [-0.2, 0) is 27.3 Å². The van der Waals surface area contributed by atoms with Crippen molar-refractivity contribution in [2.45, 2.75) is 87.2 Å². The van der Waals surface area contributed by atoms with Gasteiger partial charge in [0, 0.05) is 45.8 Å². The van der Waals surface area contributed by atoms with Crippen LogP contribution in [0.5, 0.6) is 23.0 Å². The number of fused-ring (bicyclic) bond motifs is 6. The number of imidazole rings is 2. The minimum Gasteiger partial charge on any atom is -0.340 e. The van der Waals surface area contributed by atoms with E-state index in [4.69, 9.17) is 18.1 Å². The highest BCUT2D eigenvalue weighted by Gasteiger charge is 2.45. The molecule has 18 aromatic rings. The first kappa shape index (κ1) is 90.7. The van der Waals surface area contributed by atoms with Gasteiger partial charge in [0.05, 0.1) is 61.9 Å². The van der Waals surface area contributed by atoms with E-state index in [2.05, 4.69) is 403 Å². The van der Waals surface area contributed by atoms with Crippen molar-refractivity contribution in [2.24, 2.45) is 21.1 Å². The van der Waals surface area contributed by atoms with Crippen LogP contribution in [0.1, 0.15) is 89.7 Å². The molecule has 634 valence electrons. The summed E-state index contributed by atoms with van der Waals surface area (Å²) >= 11 is 0. The third kappa shape index (κ3) is 22.0. The molecule has 0 N–H and O–H groups in total. The van der Waals surface area contributed by atoms with Crippen LogP contribution in [0.3, 0.4) is 0 Å². The van der Waals surface area contributed by atoms with Gasteiger partial charge in [-0.15, -0.1) is 0 Å². The van der Waals surface area contributed by atoms with Crippen molar-refractivity contribution in [1.29, 1.82) is 0 Å². The molecule has 14 heteroatoms. The van der Waals surface area contributed by atoms with E-state index in [1.807, 2.05) is 135 Å². The third-order valence-electron chi connectivity index (χ3n) is 22.8. The molecule has 0 radical (unpaired) electrons. The van der Waals surface area contributed by atoms with Gasteiger partial charge in [0.1, 0.15) is 66.1 Å². The van der Waals surface area contributed by atoms with Gasteiger partial charge in [0.2, 0.25) is 5.69 Å². The zero-order valence-corrected chi connectivity index (χ0v) is 78.3. The molecule has 0 amide bonds. The maximum absolute atomic E-state index is 6.62. The predicted molar refractivity (Wildman–Crippen MR) is 532 cm³/mol. The molecular formula is C112H118N7O4P3+6.